The molecule has 0 saturated carbocycles. The molecule has 0 radical (unpaired) electrons. The highest BCUT2D eigenvalue weighted by molar-refractivity contribution is 9.10. The lowest BCUT2D eigenvalue weighted by Gasteiger charge is -2.36. The summed E-state index contributed by atoms with van der Waals surface area (Å²) in [6, 6.07) is 4.73. The number of halogens is 2. The first-order valence-electron chi connectivity index (χ1n) is 6.00. The number of likely N-dealkylation sites (tertiary alicyclic amines) is 1. The molecule has 2 rings (SSSR count). The number of amides is 1. The highest BCUT2D eigenvalue weighted by atomic mass is 79.9. The predicted molar refractivity (Wildman–Crippen MR) is 71.8 cm³/mol. The van der Waals surface area contributed by atoms with Crippen molar-refractivity contribution in [3.8, 4) is 0 Å². The van der Waals surface area contributed by atoms with Gasteiger partial charge in [-0.25, -0.2) is 4.39 Å². The lowest BCUT2D eigenvalue weighted by Crippen LogP contribution is -2.48. The minimum Gasteiger partial charge on any atom is -0.336 e. The van der Waals surface area contributed by atoms with Gasteiger partial charge in [0.15, 0.2) is 0 Å². The average molecular weight is 315 g/mol. The van der Waals surface area contributed by atoms with Gasteiger partial charge in [-0.1, -0.05) is 0 Å². The van der Waals surface area contributed by atoms with Gasteiger partial charge >= 0.3 is 0 Å². The van der Waals surface area contributed by atoms with Crippen molar-refractivity contribution < 1.29 is 9.18 Å². The molecule has 1 amide bonds. The zero-order valence-corrected chi connectivity index (χ0v) is 11.8. The van der Waals surface area contributed by atoms with Gasteiger partial charge in [-0.3, -0.25) is 4.79 Å². The molecule has 0 bridgehead atoms. The molecule has 2 N–H and O–H groups in total. The largest absolute Gasteiger partial charge is 0.336 e. The van der Waals surface area contributed by atoms with Crippen LogP contribution in [0.25, 0.3) is 0 Å². The molecule has 1 fully saturated rings. The Morgan fingerprint density at radius 1 is 1.56 bits per heavy atom. The number of piperidine rings is 1. The van der Waals surface area contributed by atoms with E-state index in [2.05, 4.69) is 15.9 Å². The summed E-state index contributed by atoms with van der Waals surface area (Å²) in [7, 11) is 0. The third-order valence-electron chi connectivity index (χ3n) is 3.34. The van der Waals surface area contributed by atoms with Crippen molar-refractivity contribution in [2.45, 2.75) is 31.8 Å². The Labute approximate surface area is 114 Å². The summed E-state index contributed by atoms with van der Waals surface area (Å²) in [6.07, 6.45) is 1.60. The second-order valence-electron chi connectivity index (χ2n) is 4.76. The summed E-state index contributed by atoms with van der Waals surface area (Å²) in [6.45, 7) is 2.62. The Bertz CT molecular complexity index is 466. The van der Waals surface area contributed by atoms with E-state index < -0.39 is 5.82 Å². The van der Waals surface area contributed by atoms with Gasteiger partial charge in [0.1, 0.15) is 5.82 Å². The third-order valence-corrected chi connectivity index (χ3v) is 3.99. The number of carbonyl (C=O) groups is 1. The van der Waals surface area contributed by atoms with Crippen LogP contribution in [0.5, 0.6) is 0 Å². The molecule has 1 aromatic carbocycles. The normalized spacial score (nSPS) is 24.1. The fraction of sp³-hybridized carbons (Fsp3) is 0.462. The van der Waals surface area contributed by atoms with E-state index in [0.717, 1.165) is 12.8 Å². The second-order valence-corrected chi connectivity index (χ2v) is 5.62. The molecule has 98 valence electrons. The first-order chi connectivity index (χ1) is 8.49. The SMILES string of the molecule is C[C@@H]1C[C@H](N)CCN1C(=O)c1ccc(Br)c(F)c1. The highest BCUT2D eigenvalue weighted by Gasteiger charge is 2.27. The van der Waals surface area contributed by atoms with Gasteiger partial charge < -0.3 is 10.6 Å². The zero-order valence-electron chi connectivity index (χ0n) is 10.2. The van der Waals surface area contributed by atoms with Gasteiger partial charge in [-0.15, -0.1) is 0 Å². The molecular formula is C13H16BrFN2O. The van der Waals surface area contributed by atoms with Crippen molar-refractivity contribution in [3.05, 3.63) is 34.1 Å². The maximum atomic E-state index is 13.4. The summed E-state index contributed by atoms with van der Waals surface area (Å²) in [4.78, 5) is 14.1. The van der Waals surface area contributed by atoms with Gasteiger partial charge in [0.25, 0.3) is 5.91 Å². The van der Waals surface area contributed by atoms with Crippen molar-refractivity contribution in [1.82, 2.24) is 4.90 Å². The van der Waals surface area contributed by atoms with Gasteiger partial charge in [0.2, 0.25) is 0 Å². The minimum absolute atomic E-state index is 0.105. The van der Waals surface area contributed by atoms with Crippen LogP contribution in [0.15, 0.2) is 22.7 Å². The van der Waals surface area contributed by atoms with Gasteiger partial charge in [0.05, 0.1) is 4.47 Å². The average Bonchev–Trinajstić information content (AvgIpc) is 2.32. The van der Waals surface area contributed by atoms with Crippen LogP contribution < -0.4 is 5.73 Å². The first-order valence-corrected chi connectivity index (χ1v) is 6.80. The molecule has 2 atom stereocenters. The van der Waals surface area contributed by atoms with Gasteiger partial charge in [-0.2, -0.15) is 0 Å². The smallest absolute Gasteiger partial charge is 0.254 e. The van der Waals surface area contributed by atoms with E-state index in [1.807, 2.05) is 6.92 Å². The van der Waals surface area contributed by atoms with E-state index in [9.17, 15) is 9.18 Å². The van der Waals surface area contributed by atoms with Crippen molar-refractivity contribution in [2.75, 3.05) is 6.54 Å². The zero-order chi connectivity index (χ0) is 13.3. The molecule has 0 spiro atoms. The molecule has 0 aromatic heterocycles. The molecule has 3 nitrogen and oxygen atoms in total. The standard InChI is InChI=1S/C13H16BrFN2O/c1-8-6-10(16)4-5-17(8)13(18)9-2-3-11(14)12(15)7-9/h2-3,7-8,10H,4-6,16H2,1H3/t8-,10-/m1/s1. The third kappa shape index (κ3) is 2.72. The summed E-state index contributed by atoms with van der Waals surface area (Å²) < 4.78 is 13.8. The minimum atomic E-state index is -0.415. The maximum Gasteiger partial charge on any atom is 0.254 e. The summed E-state index contributed by atoms with van der Waals surface area (Å²) in [5, 5.41) is 0. The number of hydrogen-bond acceptors (Lipinski definition) is 2. The van der Waals surface area contributed by atoms with Crippen LogP contribution in [-0.2, 0) is 0 Å². The quantitative estimate of drug-likeness (QED) is 0.866. The predicted octanol–water partition coefficient (Wildman–Crippen LogP) is 2.54. The lowest BCUT2D eigenvalue weighted by molar-refractivity contribution is 0.0618. The molecule has 1 aromatic rings. The highest BCUT2D eigenvalue weighted by Crippen LogP contribution is 2.21. The van der Waals surface area contributed by atoms with Crippen LogP contribution in [0.1, 0.15) is 30.1 Å². The van der Waals surface area contributed by atoms with Crippen LogP contribution in [0, 0.1) is 5.82 Å². The van der Waals surface area contributed by atoms with E-state index >= 15 is 0 Å². The van der Waals surface area contributed by atoms with Gasteiger partial charge in [0, 0.05) is 24.2 Å². The molecule has 0 aliphatic carbocycles. The summed E-state index contributed by atoms with van der Waals surface area (Å²) in [5.41, 5.74) is 6.25. The summed E-state index contributed by atoms with van der Waals surface area (Å²) in [5.74, 6) is -0.539. The van der Waals surface area contributed by atoms with Crippen LogP contribution in [0.3, 0.4) is 0 Å². The topological polar surface area (TPSA) is 46.3 Å². The second kappa shape index (κ2) is 5.36. The van der Waals surface area contributed by atoms with Gasteiger partial charge in [-0.05, 0) is 53.9 Å². The van der Waals surface area contributed by atoms with E-state index in [0.29, 0.717) is 16.6 Å². The van der Waals surface area contributed by atoms with Crippen molar-refractivity contribution in [2.24, 2.45) is 5.73 Å². The molecule has 1 saturated heterocycles. The molecule has 1 aliphatic heterocycles. The number of nitrogens with zero attached hydrogens (tertiary/aromatic N) is 1. The van der Waals surface area contributed by atoms with Crippen molar-refractivity contribution in [1.29, 1.82) is 0 Å². The first kappa shape index (κ1) is 13.5. The molecule has 1 aliphatic rings. The van der Waals surface area contributed by atoms with Crippen LogP contribution >= 0.6 is 15.9 Å². The van der Waals surface area contributed by atoms with Crippen LogP contribution in [-0.4, -0.2) is 29.4 Å². The Balaban J connectivity index is 2.18. The number of hydrogen-bond donors (Lipinski definition) is 1. The fourth-order valence-electron chi connectivity index (χ4n) is 2.31. The van der Waals surface area contributed by atoms with Crippen LogP contribution in [0.4, 0.5) is 4.39 Å². The number of benzene rings is 1. The van der Waals surface area contributed by atoms with E-state index in [4.69, 9.17) is 5.73 Å². The number of rotatable bonds is 1. The molecule has 5 heteroatoms. The number of nitrogens with two attached hydrogens (primary N) is 1. The lowest BCUT2D eigenvalue weighted by atomic mass is 9.98. The Kier molecular flexibility index (Phi) is 4.02. The van der Waals surface area contributed by atoms with E-state index in [-0.39, 0.29) is 18.0 Å². The Morgan fingerprint density at radius 3 is 2.89 bits per heavy atom. The van der Waals surface area contributed by atoms with Crippen molar-refractivity contribution in [3.63, 3.8) is 0 Å². The molecule has 1 heterocycles. The summed E-state index contributed by atoms with van der Waals surface area (Å²) >= 11 is 3.08. The number of carbonyl (C=O) groups excluding carboxylic acids is 1. The Hall–Kier alpha value is -0.940. The Morgan fingerprint density at radius 2 is 2.28 bits per heavy atom. The monoisotopic (exact) mass is 314 g/mol. The molecular weight excluding hydrogens is 299 g/mol. The molecule has 0 unspecified atom stereocenters. The van der Waals surface area contributed by atoms with Crippen molar-refractivity contribution >= 4 is 21.8 Å². The maximum absolute atomic E-state index is 13.4. The van der Waals surface area contributed by atoms with E-state index in [1.165, 1.54) is 6.07 Å². The molecule has 18 heavy (non-hydrogen) atoms. The fourth-order valence-corrected chi connectivity index (χ4v) is 2.55. The van der Waals surface area contributed by atoms with E-state index in [1.54, 1.807) is 17.0 Å². The van der Waals surface area contributed by atoms with Crippen LogP contribution in [0.2, 0.25) is 0 Å².